The first-order valence-electron chi connectivity index (χ1n) is 7.30. The zero-order valence-electron chi connectivity index (χ0n) is 13.0. The van der Waals surface area contributed by atoms with Crippen molar-refractivity contribution in [3.05, 3.63) is 91.2 Å². The lowest BCUT2D eigenvalue weighted by molar-refractivity contribution is -0.384. The van der Waals surface area contributed by atoms with Crippen LogP contribution in [0.5, 0.6) is 0 Å². The minimum atomic E-state index is -0.454. The summed E-state index contributed by atoms with van der Waals surface area (Å²) in [5.74, 6) is 0. The van der Waals surface area contributed by atoms with E-state index < -0.39 is 4.92 Å². The maximum atomic E-state index is 12.7. The number of hydrogen-bond acceptors (Lipinski definition) is 3. The smallest absolute Gasteiger partial charge is 0.279 e. The fraction of sp³-hybridized carbons (Fsp3) is 0.0556. The van der Waals surface area contributed by atoms with Crippen LogP contribution in [-0.4, -0.2) is 14.7 Å². The monoisotopic (exact) mass is 321 g/mol. The summed E-state index contributed by atoms with van der Waals surface area (Å²) in [6, 6.07) is 15.3. The number of para-hydroxylation sites is 1. The maximum Gasteiger partial charge on any atom is 0.279 e. The average Bonchev–Trinajstić information content (AvgIpc) is 2.89. The highest BCUT2D eigenvalue weighted by atomic mass is 16.6. The first kappa shape index (κ1) is 15.5. The molecule has 120 valence electrons. The summed E-state index contributed by atoms with van der Waals surface area (Å²) in [6.07, 6.45) is 0. The first-order chi connectivity index (χ1) is 11.5. The number of rotatable bonds is 3. The molecule has 0 saturated carbocycles. The Hall–Kier alpha value is -3.41. The Kier molecular flexibility index (Phi) is 3.87. The molecule has 24 heavy (non-hydrogen) atoms. The quantitative estimate of drug-likeness (QED) is 0.589. The second-order valence-electron chi connectivity index (χ2n) is 5.37. The number of nitrogens with zero attached hydrogens (tertiary/aromatic N) is 2. The minimum Gasteiger partial charge on any atom is -0.291 e. The maximum absolute atomic E-state index is 12.7. The van der Waals surface area contributed by atoms with Crippen molar-refractivity contribution in [3.8, 4) is 5.69 Å². The van der Waals surface area contributed by atoms with Crippen LogP contribution in [0.1, 0.15) is 12.5 Å². The van der Waals surface area contributed by atoms with Crippen molar-refractivity contribution >= 4 is 17.8 Å². The lowest BCUT2D eigenvalue weighted by atomic mass is 10.1. The molecule has 0 spiro atoms. The number of nitro groups is 1. The summed E-state index contributed by atoms with van der Waals surface area (Å²) in [5.41, 5.74) is 1.97. The molecule has 1 aromatic heterocycles. The van der Waals surface area contributed by atoms with Gasteiger partial charge < -0.3 is 0 Å². The molecule has 0 bridgehead atoms. The summed E-state index contributed by atoms with van der Waals surface area (Å²) in [4.78, 5) is 23.0. The molecule has 0 fully saturated rings. The Balaban J connectivity index is 2.20. The summed E-state index contributed by atoms with van der Waals surface area (Å²) < 4.78 is 1.44. The molecule has 2 aromatic carbocycles. The zero-order chi connectivity index (χ0) is 17.3. The molecule has 0 atom stereocenters. The Morgan fingerprint density at radius 3 is 2.33 bits per heavy atom. The zero-order valence-corrected chi connectivity index (χ0v) is 13.0. The van der Waals surface area contributed by atoms with Crippen LogP contribution in [0.4, 0.5) is 5.69 Å². The second kappa shape index (κ2) is 6.00. The molecule has 0 aliphatic heterocycles. The fourth-order valence-electron chi connectivity index (χ4n) is 2.61. The number of hydrogen-bond donors (Lipinski definition) is 1. The number of benzene rings is 2. The van der Waals surface area contributed by atoms with Crippen molar-refractivity contribution in [3.63, 3.8) is 0 Å². The van der Waals surface area contributed by atoms with E-state index in [1.54, 1.807) is 19.1 Å². The molecule has 1 heterocycles. The van der Waals surface area contributed by atoms with Crippen molar-refractivity contribution in [1.82, 2.24) is 9.78 Å². The molecule has 6 nitrogen and oxygen atoms in total. The van der Waals surface area contributed by atoms with E-state index in [9.17, 15) is 14.9 Å². The summed E-state index contributed by atoms with van der Waals surface area (Å²) in [7, 11) is 0. The van der Waals surface area contributed by atoms with E-state index in [0.717, 1.165) is 11.3 Å². The first-order valence-corrected chi connectivity index (χ1v) is 7.30. The van der Waals surface area contributed by atoms with Gasteiger partial charge in [-0.2, -0.15) is 0 Å². The van der Waals surface area contributed by atoms with Gasteiger partial charge in [0.15, 0.2) is 0 Å². The van der Waals surface area contributed by atoms with Gasteiger partial charge in [0.1, 0.15) is 0 Å². The van der Waals surface area contributed by atoms with Gasteiger partial charge in [0.25, 0.3) is 11.2 Å². The molecule has 6 heteroatoms. The molecule has 0 unspecified atom stereocenters. The van der Waals surface area contributed by atoms with E-state index in [1.165, 1.54) is 16.8 Å². The summed E-state index contributed by atoms with van der Waals surface area (Å²) in [5, 5.41) is 14.7. The van der Waals surface area contributed by atoms with Crippen LogP contribution < -0.4 is 16.1 Å². The SMILES string of the molecule is C=c1[nH]n(-c2ccccc2)c(=O)/c1=C(/C)c1ccc([N+](=O)[O-])cc1. The van der Waals surface area contributed by atoms with Gasteiger partial charge in [-0.05, 0) is 42.3 Å². The number of H-pyrrole nitrogens is 1. The molecular weight excluding hydrogens is 306 g/mol. The highest BCUT2D eigenvalue weighted by Crippen LogP contribution is 2.16. The third-order valence-corrected chi connectivity index (χ3v) is 3.87. The lowest BCUT2D eigenvalue weighted by Crippen LogP contribution is -2.36. The second-order valence-corrected chi connectivity index (χ2v) is 5.37. The highest BCUT2D eigenvalue weighted by molar-refractivity contribution is 5.64. The molecule has 0 aliphatic carbocycles. The van der Waals surface area contributed by atoms with E-state index in [-0.39, 0.29) is 11.2 Å². The Labute approximate surface area is 137 Å². The van der Waals surface area contributed by atoms with Gasteiger partial charge in [0.05, 0.1) is 21.2 Å². The van der Waals surface area contributed by atoms with Gasteiger partial charge in [-0.3, -0.25) is 20.0 Å². The molecule has 0 aliphatic rings. The predicted octanol–water partition coefficient (Wildman–Crippen LogP) is 1.70. The topological polar surface area (TPSA) is 80.9 Å². The van der Waals surface area contributed by atoms with Gasteiger partial charge in [-0.1, -0.05) is 24.8 Å². The normalized spacial score (nSPS) is 12.0. The molecular formula is C18H15N3O3. The van der Waals surface area contributed by atoms with Crippen molar-refractivity contribution < 1.29 is 4.92 Å². The van der Waals surface area contributed by atoms with Gasteiger partial charge in [-0.15, -0.1) is 0 Å². The van der Waals surface area contributed by atoms with E-state index in [2.05, 4.69) is 11.7 Å². The molecule has 3 rings (SSSR count). The summed E-state index contributed by atoms with van der Waals surface area (Å²) >= 11 is 0. The van der Waals surface area contributed by atoms with Gasteiger partial charge in [-0.25, -0.2) is 4.68 Å². The van der Waals surface area contributed by atoms with Crippen LogP contribution in [0.15, 0.2) is 59.4 Å². The Morgan fingerprint density at radius 2 is 1.75 bits per heavy atom. The van der Waals surface area contributed by atoms with Crippen LogP contribution in [0, 0.1) is 10.1 Å². The number of aromatic nitrogens is 2. The van der Waals surface area contributed by atoms with E-state index >= 15 is 0 Å². The molecule has 1 N–H and O–H groups in total. The van der Waals surface area contributed by atoms with E-state index in [0.29, 0.717) is 16.1 Å². The van der Waals surface area contributed by atoms with Gasteiger partial charge in [0, 0.05) is 12.1 Å². The van der Waals surface area contributed by atoms with Crippen molar-refractivity contribution in [1.29, 1.82) is 0 Å². The molecule has 0 saturated heterocycles. The fourth-order valence-corrected chi connectivity index (χ4v) is 2.61. The largest absolute Gasteiger partial charge is 0.291 e. The van der Waals surface area contributed by atoms with E-state index in [1.807, 2.05) is 30.3 Å². The van der Waals surface area contributed by atoms with Crippen molar-refractivity contribution in [2.45, 2.75) is 6.92 Å². The van der Waals surface area contributed by atoms with Crippen LogP contribution in [0.25, 0.3) is 17.8 Å². The minimum absolute atomic E-state index is 0.0113. The summed E-state index contributed by atoms with van der Waals surface area (Å²) in [6.45, 7) is 5.72. The highest BCUT2D eigenvalue weighted by Gasteiger charge is 2.09. The average molecular weight is 321 g/mol. The molecule has 0 amide bonds. The number of aromatic amines is 1. The third-order valence-electron chi connectivity index (χ3n) is 3.87. The van der Waals surface area contributed by atoms with Crippen LogP contribution in [-0.2, 0) is 0 Å². The van der Waals surface area contributed by atoms with Crippen LogP contribution in [0.2, 0.25) is 0 Å². The van der Waals surface area contributed by atoms with Crippen LogP contribution in [0.3, 0.4) is 0 Å². The van der Waals surface area contributed by atoms with E-state index in [4.69, 9.17) is 0 Å². The molecule has 3 aromatic rings. The molecule has 0 radical (unpaired) electrons. The number of nitro benzene ring substituents is 1. The number of non-ortho nitro benzene ring substituents is 1. The van der Waals surface area contributed by atoms with Crippen LogP contribution >= 0.6 is 0 Å². The van der Waals surface area contributed by atoms with Gasteiger partial charge >= 0.3 is 0 Å². The Morgan fingerprint density at radius 1 is 1.12 bits per heavy atom. The third kappa shape index (κ3) is 2.65. The van der Waals surface area contributed by atoms with Crippen molar-refractivity contribution in [2.24, 2.45) is 0 Å². The predicted molar refractivity (Wildman–Crippen MR) is 92.4 cm³/mol. The lowest BCUT2D eigenvalue weighted by Gasteiger charge is -2.00. The van der Waals surface area contributed by atoms with Crippen molar-refractivity contribution in [2.75, 3.05) is 0 Å². The standard InChI is InChI=1S/C18H15N3O3/c1-12(14-8-10-16(11-9-14)21(23)24)17-13(2)19-20(18(17)22)15-6-4-3-5-7-15/h3-11,19H,2H2,1H3/b17-12-. The Bertz CT molecular complexity index is 1060. The van der Waals surface area contributed by atoms with Gasteiger partial charge in [0.2, 0.25) is 0 Å². The number of nitrogens with one attached hydrogen (secondary N) is 1.